The van der Waals surface area contributed by atoms with Crippen molar-refractivity contribution in [1.29, 1.82) is 0 Å². The molecular weight excluding hydrogens is 306 g/mol. The fourth-order valence-corrected chi connectivity index (χ4v) is 2.32. The zero-order valence-electron chi connectivity index (χ0n) is 14.7. The van der Waals surface area contributed by atoms with Crippen LogP contribution in [-0.2, 0) is 4.79 Å². The molecule has 0 unspecified atom stereocenters. The summed E-state index contributed by atoms with van der Waals surface area (Å²) in [4.78, 5) is 26.8. The fourth-order valence-electron chi connectivity index (χ4n) is 2.32. The van der Waals surface area contributed by atoms with Crippen molar-refractivity contribution in [1.82, 2.24) is 10.1 Å². The van der Waals surface area contributed by atoms with Crippen LogP contribution in [0.25, 0.3) is 0 Å². The van der Waals surface area contributed by atoms with E-state index in [-0.39, 0.29) is 18.4 Å². The molecule has 0 atom stereocenters. The minimum atomic E-state index is -0.504. The summed E-state index contributed by atoms with van der Waals surface area (Å²) >= 11 is 0. The van der Waals surface area contributed by atoms with Crippen molar-refractivity contribution in [3.63, 3.8) is 0 Å². The second-order valence-corrected chi connectivity index (χ2v) is 6.75. The van der Waals surface area contributed by atoms with Crippen molar-refractivity contribution in [2.45, 2.75) is 40.2 Å². The van der Waals surface area contributed by atoms with Crippen LogP contribution < -0.4 is 5.32 Å². The summed E-state index contributed by atoms with van der Waals surface area (Å²) in [5.74, 6) is 0.455. The molecule has 24 heavy (non-hydrogen) atoms. The van der Waals surface area contributed by atoms with Gasteiger partial charge in [0.2, 0.25) is 5.91 Å². The molecule has 128 valence electrons. The number of carbonyl (C=O) groups is 2. The van der Waals surface area contributed by atoms with Crippen molar-refractivity contribution < 1.29 is 14.1 Å². The topological polar surface area (TPSA) is 75.4 Å². The molecule has 0 aliphatic carbocycles. The first-order valence-corrected chi connectivity index (χ1v) is 7.79. The maximum Gasteiger partial charge on any atom is 0.255 e. The van der Waals surface area contributed by atoms with Crippen molar-refractivity contribution in [2.24, 2.45) is 0 Å². The lowest BCUT2D eigenvalue weighted by molar-refractivity contribution is -0.117. The Morgan fingerprint density at radius 2 is 1.88 bits per heavy atom. The number of hydrogen-bond acceptors (Lipinski definition) is 4. The predicted octanol–water partition coefficient (Wildman–Crippen LogP) is 3.17. The molecule has 0 bridgehead atoms. The maximum absolute atomic E-state index is 12.9. The number of hydrogen-bond donors (Lipinski definition) is 1. The Hall–Kier alpha value is -2.63. The number of rotatable bonds is 4. The molecule has 0 aliphatic rings. The first-order chi connectivity index (χ1) is 11.2. The van der Waals surface area contributed by atoms with Crippen LogP contribution >= 0.6 is 0 Å². The number of benzene rings is 1. The number of nitrogens with one attached hydrogen (secondary N) is 1. The molecule has 0 spiro atoms. The third-order valence-electron chi connectivity index (χ3n) is 3.63. The van der Waals surface area contributed by atoms with E-state index < -0.39 is 5.54 Å². The Bertz CT molecular complexity index is 744. The molecular formula is C18H23N3O3. The fraction of sp³-hybridized carbons (Fsp3) is 0.389. The van der Waals surface area contributed by atoms with E-state index >= 15 is 0 Å². The van der Waals surface area contributed by atoms with Crippen molar-refractivity contribution in [2.75, 3.05) is 11.9 Å². The Morgan fingerprint density at radius 1 is 1.21 bits per heavy atom. The molecule has 0 aliphatic heterocycles. The van der Waals surface area contributed by atoms with Gasteiger partial charge in [0.25, 0.3) is 5.91 Å². The molecule has 1 N–H and O–H groups in total. The SMILES string of the molecule is Cc1cc(NC(=O)CN(C(=O)c2ccccc2C)C(C)(C)C)no1. The second-order valence-electron chi connectivity index (χ2n) is 6.75. The number of nitrogens with zero attached hydrogens (tertiary/aromatic N) is 2. The van der Waals surface area contributed by atoms with E-state index in [1.807, 2.05) is 45.9 Å². The minimum Gasteiger partial charge on any atom is -0.360 e. The predicted molar refractivity (Wildman–Crippen MR) is 91.8 cm³/mol. The van der Waals surface area contributed by atoms with E-state index in [1.54, 1.807) is 24.0 Å². The van der Waals surface area contributed by atoms with Gasteiger partial charge in [-0.05, 0) is 46.2 Å². The molecule has 1 aromatic heterocycles. The molecule has 0 saturated carbocycles. The van der Waals surface area contributed by atoms with E-state index in [2.05, 4.69) is 10.5 Å². The molecule has 0 fully saturated rings. The molecule has 1 aromatic carbocycles. The highest BCUT2D eigenvalue weighted by Crippen LogP contribution is 2.19. The highest BCUT2D eigenvalue weighted by atomic mass is 16.5. The van der Waals surface area contributed by atoms with Crippen LogP contribution in [0.3, 0.4) is 0 Å². The zero-order valence-corrected chi connectivity index (χ0v) is 14.7. The smallest absolute Gasteiger partial charge is 0.255 e. The number of anilines is 1. The van der Waals surface area contributed by atoms with E-state index in [4.69, 9.17) is 4.52 Å². The van der Waals surface area contributed by atoms with Crippen LogP contribution in [0.4, 0.5) is 5.82 Å². The van der Waals surface area contributed by atoms with Gasteiger partial charge in [-0.15, -0.1) is 0 Å². The van der Waals surface area contributed by atoms with E-state index in [0.29, 0.717) is 17.1 Å². The highest BCUT2D eigenvalue weighted by Gasteiger charge is 2.30. The number of aromatic nitrogens is 1. The van der Waals surface area contributed by atoms with Crippen molar-refractivity contribution >= 4 is 17.6 Å². The van der Waals surface area contributed by atoms with Crippen LogP contribution in [0.1, 0.15) is 42.5 Å². The van der Waals surface area contributed by atoms with Gasteiger partial charge in [-0.3, -0.25) is 9.59 Å². The first kappa shape index (κ1) is 17.7. The Kier molecular flexibility index (Phi) is 5.07. The summed E-state index contributed by atoms with van der Waals surface area (Å²) in [5, 5.41) is 6.38. The molecule has 6 heteroatoms. The van der Waals surface area contributed by atoms with Crippen LogP contribution in [0, 0.1) is 13.8 Å². The van der Waals surface area contributed by atoms with E-state index in [9.17, 15) is 9.59 Å². The van der Waals surface area contributed by atoms with E-state index in [0.717, 1.165) is 5.56 Å². The van der Waals surface area contributed by atoms with Gasteiger partial charge in [0.1, 0.15) is 12.3 Å². The molecule has 2 rings (SSSR count). The van der Waals surface area contributed by atoms with Crippen molar-refractivity contribution in [3.05, 3.63) is 47.2 Å². The third-order valence-corrected chi connectivity index (χ3v) is 3.63. The van der Waals surface area contributed by atoms with Gasteiger partial charge in [0.05, 0.1) is 0 Å². The van der Waals surface area contributed by atoms with Gasteiger partial charge in [0.15, 0.2) is 5.82 Å². The van der Waals surface area contributed by atoms with Crippen LogP contribution in [0.15, 0.2) is 34.9 Å². The normalized spacial score (nSPS) is 11.2. The first-order valence-electron chi connectivity index (χ1n) is 7.79. The summed E-state index contributed by atoms with van der Waals surface area (Å²) in [6, 6.07) is 8.98. The zero-order chi connectivity index (χ0) is 17.9. The molecule has 0 saturated heterocycles. The molecule has 2 aromatic rings. The lowest BCUT2D eigenvalue weighted by Crippen LogP contribution is -2.49. The van der Waals surface area contributed by atoms with Crippen molar-refractivity contribution in [3.8, 4) is 0 Å². The summed E-state index contributed by atoms with van der Waals surface area (Å²) in [7, 11) is 0. The number of carbonyl (C=O) groups excluding carboxylic acids is 2. The average molecular weight is 329 g/mol. The molecule has 0 radical (unpaired) electrons. The van der Waals surface area contributed by atoms with Gasteiger partial charge in [-0.25, -0.2) is 0 Å². The quantitative estimate of drug-likeness (QED) is 0.935. The van der Waals surface area contributed by atoms with E-state index in [1.165, 1.54) is 0 Å². The standard InChI is InChI=1S/C18H23N3O3/c1-12-8-6-7-9-14(12)17(23)21(18(3,4)5)11-16(22)19-15-10-13(2)24-20-15/h6-10H,11H2,1-5H3,(H,19,20,22). The van der Waals surface area contributed by atoms with Crippen LogP contribution in [0.2, 0.25) is 0 Å². The number of amides is 2. The monoisotopic (exact) mass is 329 g/mol. The van der Waals surface area contributed by atoms with Gasteiger partial charge >= 0.3 is 0 Å². The molecule has 6 nitrogen and oxygen atoms in total. The average Bonchev–Trinajstić information content (AvgIpc) is 2.88. The van der Waals surface area contributed by atoms with Gasteiger partial charge in [-0.2, -0.15) is 0 Å². The van der Waals surface area contributed by atoms with Crippen LogP contribution in [0.5, 0.6) is 0 Å². The van der Waals surface area contributed by atoms with Crippen LogP contribution in [-0.4, -0.2) is 34.0 Å². The van der Waals surface area contributed by atoms with Gasteiger partial charge in [0, 0.05) is 17.2 Å². The lowest BCUT2D eigenvalue weighted by atomic mass is 10.0. The minimum absolute atomic E-state index is 0.0669. The summed E-state index contributed by atoms with van der Waals surface area (Å²) in [6.07, 6.45) is 0. The van der Waals surface area contributed by atoms with Gasteiger partial charge in [-0.1, -0.05) is 23.4 Å². The Labute approximate surface area is 141 Å². The largest absolute Gasteiger partial charge is 0.360 e. The number of aryl methyl sites for hydroxylation is 2. The molecule has 1 heterocycles. The summed E-state index contributed by atoms with van der Waals surface area (Å²) in [6.45, 7) is 9.25. The maximum atomic E-state index is 12.9. The third kappa shape index (κ3) is 4.22. The lowest BCUT2D eigenvalue weighted by Gasteiger charge is -2.35. The summed E-state index contributed by atoms with van der Waals surface area (Å²) < 4.78 is 4.92. The Morgan fingerprint density at radius 3 is 2.42 bits per heavy atom. The second kappa shape index (κ2) is 6.86. The molecule has 2 amide bonds. The van der Waals surface area contributed by atoms with Gasteiger partial charge < -0.3 is 14.7 Å². The Balaban J connectivity index is 2.18. The summed E-state index contributed by atoms with van der Waals surface area (Å²) in [5.41, 5.74) is 0.970. The highest BCUT2D eigenvalue weighted by molar-refractivity contribution is 6.00.